The first kappa shape index (κ1) is 17.5. The summed E-state index contributed by atoms with van der Waals surface area (Å²) < 4.78 is 10.6. The molecule has 0 aromatic heterocycles. The Labute approximate surface area is 150 Å². The first-order chi connectivity index (χ1) is 12.6. The van der Waals surface area contributed by atoms with Gasteiger partial charge in [0.2, 0.25) is 12.7 Å². The number of nitro benzene ring substituents is 1. The number of benzene rings is 2. The highest BCUT2D eigenvalue weighted by atomic mass is 16.7. The molecule has 1 heterocycles. The van der Waals surface area contributed by atoms with Crippen LogP contribution in [-0.4, -0.2) is 29.1 Å². The van der Waals surface area contributed by atoms with Crippen LogP contribution >= 0.6 is 0 Å². The van der Waals surface area contributed by atoms with E-state index in [0.717, 1.165) is 5.56 Å². The van der Waals surface area contributed by atoms with Crippen LogP contribution in [0.2, 0.25) is 0 Å². The van der Waals surface area contributed by atoms with Crippen LogP contribution in [0.3, 0.4) is 0 Å². The van der Waals surface area contributed by atoms with Crippen LogP contribution in [0.4, 0.5) is 5.69 Å². The minimum absolute atomic E-state index is 0.00712. The van der Waals surface area contributed by atoms with Crippen molar-refractivity contribution >= 4 is 17.7 Å². The minimum Gasteiger partial charge on any atom is -0.454 e. The van der Waals surface area contributed by atoms with Gasteiger partial charge in [0.25, 0.3) is 5.69 Å². The average Bonchev–Trinajstić information content (AvgIpc) is 3.12. The number of nitrogens with zero attached hydrogens (tertiary/aromatic N) is 2. The molecular formula is C19H18N2O5. The lowest BCUT2D eigenvalue weighted by atomic mass is 10.1. The molecule has 0 saturated heterocycles. The van der Waals surface area contributed by atoms with Crippen molar-refractivity contribution in [3.8, 4) is 11.5 Å². The van der Waals surface area contributed by atoms with Crippen LogP contribution < -0.4 is 9.47 Å². The van der Waals surface area contributed by atoms with Gasteiger partial charge in [0.1, 0.15) is 0 Å². The molecule has 7 nitrogen and oxygen atoms in total. The van der Waals surface area contributed by atoms with Crippen molar-refractivity contribution in [3.63, 3.8) is 0 Å². The molecule has 26 heavy (non-hydrogen) atoms. The van der Waals surface area contributed by atoms with Gasteiger partial charge in [-0.05, 0) is 36.3 Å². The van der Waals surface area contributed by atoms with E-state index in [-0.39, 0.29) is 18.4 Å². The number of amides is 1. The largest absolute Gasteiger partial charge is 0.454 e. The lowest BCUT2D eigenvalue weighted by Gasteiger charge is -2.19. The molecule has 1 aliphatic heterocycles. The van der Waals surface area contributed by atoms with E-state index in [1.807, 2.05) is 25.1 Å². The van der Waals surface area contributed by atoms with Gasteiger partial charge >= 0.3 is 0 Å². The Bertz CT molecular complexity index is 863. The van der Waals surface area contributed by atoms with Crippen LogP contribution in [0.25, 0.3) is 6.08 Å². The maximum atomic E-state index is 12.5. The maximum absolute atomic E-state index is 12.5. The van der Waals surface area contributed by atoms with Crippen LogP contribution in [0.5, 0.6) is 11.5 Å². The van der Waals surface area contributed by atoms with Crippen LogP contribution in [0.1, 0.15) is 18.1 Å². The lowest BCUT2D eigenvalue weighted by molar-refractivity contribution is -0.384. The molecule has 0 radical (unpaired) electrons. The first-order valence-electron chi connectivity index (χ1n) is 8.17. The summed E-state index contributed by atoms with van der Waals surface area (Å²) in [5.74, 6) is 1.21. The van der Waals surface area contributed by atoms with Crippen molar-refractivity contribution < 1.29 is 19.2 Å². The number of ether oxygens (including phenoxy) is 2. The Kier molecular flexibility index (Phi) is 5.17. The van der Waals surface area contributed by atoms with Gasteiger partial charge in [0, 0.05) is 31.3 Å². The molecule has 2 aromatic carbocycles. The summed E-state index contributed by atoms with van der Waals surface area (Å²) >= 11 is 0. The summed E-state index contributed by atoms with van der Waals surface area (Å²) in [5, 5.41) is 10.8. The number of fused-ring (bicyclic) bond motifs is 1. The molecule has 1 aliphatic rings. The third-order valence-corrected chi connectivity index (χ3v) is 4.00. The first-order valence-corrected chi connectivity index (χ1v) is 8.17. The molecular weight excluding hydrogens is 336 g/mol. The summed E-state index contributed by atoms with van der Waals surface area (Å²) in [6.45, 7) is 3.07. The number of hydrogen-bond acceptors (Lipinski definition) is 5. The molecule has 0 spiro atoms. The summed E-state index contributed by atoms with van der Waals surface area (Å²) in [6, 6.07) is 11.7. The second kappa shape index (κ2) is 7.69. The van der Waals surface area contributed by atoms with Gasteiger partial charge in [-0.15, -0.1) is 0 Å². The standard InChI is InChI=1S/C19H18N2O5/c1-2-20(12-15-6-8-17-18(11-15)26-13-25-17)19(22)9-7-14-4-3-5-16(10-14)21(23)24/h3-11H,2,12-13H2,1H3/b9-7+. The molecule has 0 N–H and O–H groups in total. The molecule has 0 fully saturated rings. The van der Waals surface area contributed by atoms with Gasteiger partial charge in [-0.3, -0.25) is 14.9 Å². The average molecular weight is 354 g/mol. The third-order valence-electron chi connectivity index (χ3n) is 4.00. The fourth-order valence-corrected chi connectivity index (χ4v) is 2.62. The number of rotatable bonds is 6. The Balaban J connectivity index is 1.69. The second-order valence-electron chi connectivity index (χ2n) is 5.73. The van der Waals surface area contributed by atoms with E-state index in [1.165, 1.54) is 18.2 Å². The van der Waals surface area contributed by atoms with E-state index in [4.69, 9.17) is 9.47 Å². The van der Waals surface area contributed by atoms with Crippen molar-refractivity contribution in [1.29, 1.82) is 0 Å². The minimum atomic E-state index is -0.461. The van der Waals surface area contributed by atoms with Crippen LogP contribution in [0, 0.1) is 10.1 Å². The zero-order valence-corrected chi connectivity index (χ0v) is 14.3. The molecule has 0 atom stereocenters. The van der Waals surface area contributed by atoms with Crippen molar-refractivity contribution in [2.24, 2.45) is 0 Å². The number of nitro groups is 1. The van der Waals surface area contributed by atoms with Crippen LogP contribution in [-0.2, 0) is 11.3 Å². The monoisotopic (exact) mass is 354 g/mol. The molecule has 134 valence electrons. The fraction of sp³-hybridized carbons (Fsp3) is 0.211. The van der Waals surface area contributed by atoms with E-state index >= 15 is 0 Å². The number of likely N-dealkylation sites (N-methyl/N-ethyl adjacent to an activating group) is 1. The topological polar surface area (TPSA) is 81.9 Å². The van der Waals surface area contributed by atoms with Gasteiger partial charge in [-0.1, -0.05) is 18.2 Å². The van der Waals surface area contributed by atoms with Crippen molar-refractivity contribution in [3.05, 3.63) is 69.8 Å². The van der Waals surface area contributed by atoms with Gasteiger partial charge in [-0.25, -0.2) is 0 Å². The van der Waals surface area contributed by atoms with E-state index in [9.17, 15) is 14.9 Å². The zero-order chi connectivity index (χ0) is 18.5. The summed E-state index contributed by atoms with van der Waals surface area (Å²) in [4.78, 5) is 24.5. The van der Waals surface area contributed by atoms with E-state index < -0.39 is 4.92 Å². The van der Waals surface area contributed by atoms with E-state index in [1.54, 1.807) is 23.1 Å². The number of hydrogen-bond donors (Lipinski definition) is 0. The highest BCUT2D eigenvalue weighted by Gasteiger charge is 2.15. The molecule has 1 amide bonds. The summed E-state index contributed by atoms with van der Waals surface area (Å²) in [7, 11) is 0. The molecule has 0 bridgehead atoms. The summed E-state index contributed by atoms with van der Waals surface area (Å²) in [5.41, 5.74) is 1.53. The Morgan fingerprint density at radius 3 is 2.81 bits per heavy atom. The van der Waals surface area contributed by atoms with E-state index in [0.29, 0.717) is 30.2 Å². The van der Waals surface area contributed by atoms with Gasteiger partial charge in [0.15, 0.2) is 11.5 Å². The number of carbonyl (C=O) groups is 1. The van der Waals surface area contributed by atoms with Gasteiger partial charge < -0.3 is 14.4 Å². The quantitative estimate of drug-likeness (QED) is 0.451. The predicted octanol–water partition coefficient (Wildman–Crippen LogP) is 3.39. The SMILES string of the molecule is CCN(Cc1ccc2c(c1)OCO2)C(=O)/C=C/c1cccc([N+](=O)[O-])c1. The number of non-ortho nitro benzene ring substituents is 1. The molecule has 2 aromatic rings. The highest BCUT2D eigenvalue weighted by molar-refractivity contribution is 5.91. The Morgan fingerprint density at radius 2 is 2.04 bits per heavy atom. The van der Waals surface area contributed by atoms with Crippen molar-refractivity contribution in [1.82, 2.24) is 4.90 Å². The molecule has 3 rings (SSSR count). The zero-order valence-electron chi connectivity index (χ0n) is 14.3. The van der Waals surface area contributed by atoms with E-state index in [2.05, 4.69) is 0 Å². The van der Waals surface area contributed by atoms with Gasteiger partial charge in [0.05, 0.1) is 4.92 Å². The second-order valence-corrected chi connectivity index (χ2v) is 5.73. The lowest BCUT2D eigenvalue weighted by Crippen LogP contribution is -2.28. The Hall–Kier alpha value is -3.35. The van der Waals surface area contributed by atoms with Crippen molar-refractivity contribution in [2.45, 2.75) is 13.5 Å². The predicted molar refractivity (Wildman–Crippen MR) is 95.8 cm³/mol. The maximum Gasteiger partial charge on any atom is 0.270 e. The van der Waals surface area contributed by atoms with Gasteiger partial charge in [-0.2, -0.15) is 0 Å². The molecule has 0 unspecified atom stereocenters. The Morgan fingerprint density at radius 1 is 1.23 bits per heavy atom. The number of carbonyl (C=O) groups excluding carboxylic acids is 1. The highest BCUT2D eigenvalue weighted by Crippen LogP contribution is 2.32. The molecule has 0 aliphatic carbocycles. The van der Waals surface area contributed by atoms with Crippen molar-refractivity contribution in [2.75, 3.05) is 13.3 Å². The molecule has 7 heteroatoms. The van der Waals surface area contributed by atoms with Crippen LogP contribution in [0.15, 0.2) is 48.5 Å². The normalized spacial score (nSPS) is 12.3. The fourth-order valence-electron chi connectivity index (χ4n) is 2.62. The summed E-state index contributed by atoms with van der Waals surface area (Å²) in [6.07, 6.45) is 3.01. The molecule has 0 saturated carbocycles. The smallest absolute Gasteiger partial charge is 0.270 e. The third kappa shape index (κ3) is 4.00.